The number of halogens is 1. The molecule has 0 saturated carbocycles. The fourth-order valence-electron chi connectivity index (χ4n) is 2.10. The van der Waals surface area contributed by atoms with Crippen molar-refractivity contribution in [3.05, 3.63) is 29.8 Å². The standard InChI is InChI=1S/C14H18BrNO/c1-3-7-14(11-16,8-9-15)12-5-4-6-13(10-12)17-2/h4-6,10H,3,7-9H2,1-2H3/t14-/m1/s1. The molecule has 0 bridgehead atoms. The molecular formula is C14H18BrNO. The number of rotatable bonds is 6. The third-order valence-electron chi connectivity index (χ3n) is 3.03. The lowest BCUT2D eigenvalue weighted by molar-refractivity contribution is 0.411. The van der Waals surface area contributed by atoms with E-state index in [1.165, 1.54) is 0 Å². The molecule has 3 heteroatoms. The van der Waals surface area contributed by atoms with Crippen molar-refractivity contribution in [2.75, 3.05) is 12.4 Å². The molecule has 0 radical (unpaired) electrons. The Balaban J connectivity index is 3.15. The summed E-state index contributed by atoms with van der Waals surface area (Å²) >= 11 is 3.45. The number of nitriles is 1. The van der Waals surface area contributed by atoms with Crippen LogP contribution in [0, 0.1) is 11.3 Å². The molecule has 92 valence electrons. The van der Waals surface area contributed by atoms with Gasteiger partial charge in [-0.15, -0.1) is 0 Å². The van der Waals surface area contributed by atoms with E-state index in [1.54, 1.807) is 7.11 Å². The molecule has 0 fully saturated rings. The monoisotopic (exact) mass is 295 g/mol. The van der Waals surface area contributed by atoms with Gasteiger partial charge in [-0.05, 0) is 30.5 Å². The SMILES string of the molecule is CCC[C@](C#N)(CCBr)c1cccc(OC)c1. The maximum atomic E-state index is 9.54. The van der Waals surface area contributed by atoms with Gasteiger partial charge in [-0.1, -0.05) is 41.4 Å². The Bertz CT molecular complexity index is 391. The fraction of sp³-hybridized carbons (Fsp3) is 0.500. The molecule has 0 aliphatic heterocycles. The molecule has 1 aromatic rings. The first-order valence-electron chi connectivity index (χ1n) is 5.84. The van der Waals surface area contributed by atoms with E-state index >= 15 is 0 Å². The van der Waals surface area contributed by atoms with E-state index in [1.807, 2.05) is 24.3 Å². The molecule has 0 saturated heterocycles. The molecule has 0 aliphatic rings. The Labute approximate surface area is 112 Å². The summed E-state index contributed by atoms with van der Waals surface area (Å²) in [6.07, 6.45) is 2.70. The minimum absolute atomic E-state index is 0.396. The van der Waals surface area contributed by atoms with Gasteiger partial charge in [-0.3, -0.25) is 0 Å². The summed E-state index contributed by atoms with van der Waals surface area (Å²) in [5, 5.41) is 10.4. The highest BCUT2D eigenvalue weighted by molar-refractivity contribution is 9.09. The van der Waals surface area contributed by atoms with Crippen LogP contribution in [0.5, 0.6) is 5.75 Å². The van der Waals surface area contributed by atoms with Crippen LogP contribution in [-0.4, -0.2) is 12.4 Å². The van der Waals surface area contributed by atoms with Gasteiger partial charge in [0.25, 0.3) is 0 Å². The molecule has 17 heavy (non-hydrogen) atoms. The van der Waals surface area contributed by atoms with Crippen molar-refractivity contribution < 1.29 is 4.74 Å². The van der Waals surface area contributed by atoms with Gasteiger partial charge in [-0.2, -0.15) is 5.26 Å². The van der Waals surface area contributed by atoms with Gasteiger partial charge >= 0.3 is 0 Å². The zero-order valence-corrected chi connectivity index (χ0v) is 12.0. The summed E-state index contributed by atoms with van der Waals surface area (Å²) in [7, 11) is 1.65. The minimum atomic E-state index is -0.396. The van der Waals surface area contributed by atoms with Crippen molar-refractivity contribution in [3.8, 4) is 11.8 Å². The first kappa shape index (κ1) is 14.1. The average molecular weight is 296 g/mol. The molecular weight excluding hydrogens is 278 g/mol. The molecule has 0 N–H and O–H groups in total. The van der Waals surface area contributed by atoms with Crippen LogP contribution in [0.25, 0.3) is 0 Å². The molecule has 1 aromatic carbocycles. The number of alkyl halides is 1. The Morgan fingerprint density at radius 1 is 1.41 bits per heavy atom. The van der Waals surface area contributed by atoms with Gasteiger partial charge in [0, 0.05) is 5.33 Å². The molecule has 0 unspecified atom stereocenters. The summed E-state index contributed by atoms with van der Waals surface area (Å²) < 4.78 is 5.23. The predicted molar refractivity (Wildman–Crippen MR) is 73.6 cm³/mol. The number of ether oxygens (including phenoxy) is 1. The van der Waals surface area contributed by atoms with E-state index in [2.05, 4.69) is 28.9 Å². The quantitative estimate of drug-likeness (QED) is 0.742. The first-order chi connectivity index (χ1) is 8.22. The van der Waals surface area contributed by atoms with E-state index in [0.717, 1.165) is 35.9 Å². The molecule has 0 amide bonds. The van der Waals surface area contributed by atoms with Crippen LogP contribution in [0.4, 0.5) is 0 Å². The summed E-state index contributed by atoms with van der Waals surface area (Å²) in [4.78, 5) is 0. The molecule has 1 atom stereocenters. The Kier molecular flexibility index (Phi) is 5.50. The molecule has 0 spiro atoms. The highest BCUT2D eigenvalue weighted by Crippen LogP contribution is 2.34. The lowest BCUT2D eigenvalue weighted by Crippen LogP contribution is -2.24. The van der Waals surface area contributed by atoms with Crippen molar-refractivity contribution in [1.29, 1.82) is 5.26 Å². The smallest absolute Gasteiger partial charge is 0.119 e. The molecule has 0 aromatic heterocycles. The molecule has 1 rings (SSSR count). The van der Waals surface area contributed by atoms with Gasteiger partial charge < -0.3 is 4.74 Å². The number of benzene rings is 1. The molecule has 0 aliphatic carbocycles. The Morgan fingerprint density at radius 2 is 2.18 bits per heavy atom. The second-order valence-electron chi connectivity index (χ2n) is 4.11. The van der Waals surface area contributed by atoms with Crippen LogP contribution in [0.2, 0.25) is 0 Å². The van der Waals surface area contributed by atoms with E-state index in [-0.39, 0.29) is 0 Å². The van der Waals surface area contributed by atoms with E-state index in [0.29, 0.717) is 0 Å². The predicted octanol–water partition coefficient (Wildman–Crippen LogP) is 4.04. The van der Waals surface area contributed by atoms with Gasteiger partial charge in [-0.25, -0.2) is 0 Å². The number of hydrogen-bond acceptors (Lipinski definition) is 2. The van der Waals surface area contributed by atoms with Crippen molar-refractivity contribution in [1.82, 2.24) is 0 Å². The van der Waals surface area contributed by atoms with E-state index in [4.69, 9.17) is 4.74 Å². The Hall–Kier alpha value is -1.01. The largest absolute Gasteiger partial charge is 0.497 e. The lowest BCUT2D eigenvalue weighted by atomic mass is 9.76. The summed E-state index contributed by atoms with van der Waals surface area (Å²) in [6, 6.07) is 10.3. The maximum absolute atomic E-state index is 9.54. The second kappa shape index (κ2) is 6.66. The fourth-order valence-corrected chi connectivity index (χ4v) is 2.78. The van der Waals surface area contributed by atoms with Crippen molar-refractivity contribution in [3.63, 3.8) is 0 Å². The van der Waals surface area contributed by atoms with E-state index in [9.17, 15) is 5.26 Å². The molecule has 2 nitrogen and oxygen atoms in total. The highest BCUT2D eigenvalue weighted by Gasteiger charge is 2.30. The first-order valence-corrected chi connectivity index (χ1v) is 6.96. The summed E-state index contributed by atoms with van der Waals surface area (Å²) in [5.74, 6) is 0.813. The maximum Gasteiger partial charge on any atom is 0.119 e. The van der Waals surface area contributed by atoms with Crippen molar-refractivity contribution in [2.45, 2.75) is 31.6 Å². The van der Waals surface area contributed by atoms with E-state index < -0.39 is 5.41 Å². The number of methoxy groups -OCH3 is 1. The Morgan fingerprint density at radius 3 is 2.71 bits per heavy atom. The van der Waals surface area contributed by atoms with Crippen LogP contribution in [0.3, 0.4) is 0 Å². The van der Waals surface area contributed by atoms with Crippen LogP contribution in [-0.2, 0) is 5.41 Å². The summed E-state index contributed by atoms with van der Waals surface area (Å²) in [5.41, 5.74) is 0.660. The topological polar surface area (TPSA) is 33.0 Å². The van der Waals surface area contributed by atoms with Gasteiger partial charge in [0.15, 0.2) is 0 Å². The zero-order chi connectivity index (χ0) is 12.7. The zero-order valence-electron chi connectivity index (χ0n) is 10.4. The van der Waals surface area contributed by atoms with Gasteiger partial charge in [0.2, 0.25) is 0 Å². The normalized spacial score (nSPS) is 13.8. The number of hydrogen-bond donors (Lipinski definition) is 0. The minimum Gasteiger partial charge on any atom is -0.497 e. The second-order valence-corrected chi connectivity index (χ2v) is 4.91. The van der Waals surface area contributed by atoms with Gasteiger partial charge in [0.1, 0.15) is 5.75 Å². The number of nitrogens with zero attached hydrogens (tertiary/aromatic N) is 1. The van der Waals surface area contributed by atoms with Crippen LogP contribution in [0.1, 0.15) is 31.7 Å². The van der Waals surface area contributed by atoms with Crippen LogP contribution >= 0.6 is 15.9 Å². The molecule has 0 heterocycles. The third-order valence-corrected chi connectivity index (χ3v) is 3.43. The average Bonchev–Trinajstić information content (AvgIpc) is 2.38. The highest BCUT2D eigenvalue weighted by atomic mass is 79.9. The van der Waals surface area contributed by atoms with Crippen LogP contribution in [0.15, 0.2) is 24.3 Å². The third kappa shape index (κ3) is 3.23. The summed E-state index contributed by atoms with van der Waals surface area (Å²) in [6.45, 7) is 2.11. The van der Waals surface area contributed by atoms with Gasteiger partial charge in [0.05, 0.1) is 18.6 Å². The lowest BCUT2D eigenvalue weighted by Gasteiger charge is -2.26. The van der Waals surface area contributed by atoms with Crippen molar-refractivity contribution >= 4 is 15.9 Å². The van der Waals surface area contributed by atoms with Crippen LogP contribution < -0.4 is 4.74 Å². The van der Waals surface area contributed by atoms with Crippen molar-refractivity contribution in [2.24, 2.45) is 0 Å².